The number of nitrogens with one attached hydrogen (secondary N) is 1. The first-order valence-corrected chi connectivity index (χ1v) is 5.80. The smallest absolute Gasteiger partial charge is 0.105 e. The predicted octanol–water partition coefficient (Wildman–Crippen LogP) is 0.436. The minimum absolute atomic E-state index is 0.330. The molecule has 0 aliphatic heterocycles. The van der Waals surface area contributed by atoms with Crippen molar-refractivity contribution >= 4 is 0 Å². The maximum Gasteiger partial charge on any atom is 0.105 e. The molecule has 0 spiro atoms. The van der Waals surface area contributed by atoms with Gasteiger partial charge in [0.15, 0.2) is 0 Å². The molecular weight excluding hydrogens is 222 g/mol. The number of methoxy groups -OCH3 is 1. The lowest BCUT2D eigenvalue weighted by molar-refractivity contribution is 0.0139. The molecule has 1 unspecified atom stereocenters. The van der Waals surface area contributed by atoms with E-state index in [-0.39, 0.29) is 0 Å². The van der Waals surface area contributed by atoms with Crippen molar-refractivity contribution in [2.75, 3.05) is 40.0 Å². The Balaban J connectivity index is 1.91. The van der Waals surface area contributed by atoms with Crippen LogP contribution in [0.2, 0.25) is 0 Å². The SMILES string of the molecule is COCCOCC(O)CNCCc1ccco1. The van der Waals surface area contributed by atoms with Gasteiger partial charge in [-0.25, -0.2) is 0 Å². The number of hydrogen-bond donors (Lipinski definition) is 2. The molecule has 1 atom stereocenters. The summed E-state index contributed by atoms with van der Waals surface area (Å²) in [7, 11) is 1.62. The highest BCUT2D eigenvalue weighted by atomic mass is 16.5. The van der Waals surface area contributed by atoms with E-state index in [0.29, 0.717) is 26.4 Å². The van der Waals surface area contributed by atoms with Crippen LogP contribution in [-0.2, 0) is 15.9 Å². The van der Waals surface area contributed by atoms with Crippen LogP contribution >= 0.6 is 0 Å². The zero-order valence-electron chi connectivity index (χ0n) is 10.2. The molecule has 1 aromatic rings. The second kappa shape index (κ2) is 9.18. The van der Waals surface area contributed by atoms with E-state index in [0.717, 1.165) is 18.7 Å². The fourth-order valence-corrected chi connectivity index (χ4v) is 1.36. The van der Waals surface area contributed by atoms with Crippen LogP contribution in [0.3, 0.4) is 0 Å². The van der Waals surface area contributed by atoms with Gasteiger partial charge >= 0.3 is 0 Å². The van der Waals surface area contributed by atoms with Crippen molar-refractivity contribution in [3.8, 4) is 0 Å². The summed E-state index contributed by atoms with van der Waals surface area (Å²) < 4.78 is 15.2. The second-order valence-corrected chi connectivity index (χ2v) is 3.76. The van der Waals surface area contributed by atoms with Gasteiger partial charge in [0.2, 0.25) is 0 Å². The summed E-state index contributed by atoms with van der Waals surface area (Å²) in [5, 5.41) is 12.7. The van der Waals surface area contributed by atoms with Crippen molar-refractivity contribution in [2.45, 2.75) is 12.5 Å². The van der Waals surface area contributed by atoms with E-state index in [1.54, 1.807) is 13.4 Å². The van der Waals surface area contributed by atoms with Crippen molar-refractivity contribution in [3.63, 3.8) is 0 Å². The maximum atomic E-state index is 9.55. The van der Waals surface area contributed by atoms with E-state index in [4.69, 9.17) is 13.9 Å². The third-order valence-electron chi connectivity index (χ3n) is 2.25. The molecule has 1 heterocycles. The lowest BCUT2D eigenvalue weighted by Crippen LogP contribution is -2.32. The minimum atomic E-state index is -0.483. The average molecular weight is 243 g/mol. The normalized spacial score (nSPS) is 12.8. The molecule has 0 saturated carbocycles. The van der Waals surface area contributed by atoms with Crippen molar-refractivity contribution < 1.29 is 19.0 Å². The first-order valence-electron chi connectivity index (χ1n) is 5.80. The molecular formula is C12H21NO4. The molecule has 0 bridgehead atoms. The van der Waals surface area contributed by atoms with Crippen LogP contribution in [0.15, 0.2) is 22.8 Å². The van der Waals surface area contributed by atoms with Crippen molar-refractivity contribution in [3.05, 3.63) is 24.2 Å². The van der Waals surface area contributed by atoms with Gasteiger partial charge in [-0.2, -0.15) is 0 Å². The third kappa shape index (κ3) is 7.12. The number of furan rings is 1. The molecule has 0 amide bonds. The predicted molar refractivity (Wildman–Crippen MR) is 64.0 cm³/mol. The second-order valence-electron chi connectivity index (χ2n) is 3.76. The van der Waals surface area contributed by atoms with Gasteiger partial charge < -0.3 is 24.3 Å². The molecule has 1 rings (SSSR count). The fraction of sp³-hybridized carbons (Fsp3) is 0.667. The van der Waals surface area contributed by atoms with Gasteiger partial charge in [0.1, 0.15) is 5.76 Å². The molecule has 2 N–H and O–H groups in total. The third-order valence-corrected chi connectivity index (χ3v) is 2.25. The van der Waals surface area contributed by atoms with Crippen LogP contribution in [-0.4, -0.2) is 51.2 Å². The number of aliphatic hydroxyl groups is 1. The van der Waals surface area contributed by atoms with E-state index in [2.05, 4.69) is 5.32 Å². The Bertz CT molecular complexity index is 263. The van der Waals surface area contributed by atoms with Gasteiger partial charge in [-0.05, 0) is 12.1 Å². The van der Waals surface area contributed by atoms with Crippen molar-refractivity contribution in [2.24, 2.45) is 0 Å². The molecule has 0 aliphatic carbocycles. The number of hydrogen-bond acceptors (Lipinski definition) is 5. The summed E-state index contributed by atoms with van der Waals surface area (Å²) in [5.41, 5.74) is 0. The summed E-state index contributed by atoms with van der Waals surface area (Å²) in [6.07, 6.45) is 2.00. The standard InChI is InChI=1S/C12H21NO4/c1-15-7-8-16-10-11(14)9-13-5-4-12-3-2-6-17-12/h2-3,6,11,13-14H,4-5,7-10H2,1H3. The topological polar surface area (TPSA) is 63.9 Å². The number of rotatable bonds is 10. The van der Waals surface area contributed by atoms with E-state index in [1.165, 1.54) is 0 Å². The molecule has 0 aromatic carbocycles. The van der Waals surface area contributed by atoms with Crippen molar-refractivity contribution in [1.29, 1.82) is 0 Å². The van der Waals surface area contributed by atoms with Crippen LogP contribution in [0.5, 0.6) is 0 Å². The van der Waals surface area contributed by atoms with Gasteiger partial charge in [-0.3, -0.25) is 0 Å². The van der Waals surface area contributed by atoms with E-state index in [1.807, 2.05) is 12.1 Å². The Morgan fingerprint density at radius 1 is 1.47 bits per heavy atom. The van der Waals surface area contributed by atoms with Gasteiger partial charge in [-0.15, -0.1) is 0 Å². The monoisotopic (exact) mass is 243 g/mol. The van der Waals surface area contributed by atoms with Crippen LogP contribution in [0.1, 0.15) is 5.76 Å². The first-order chi connectivity index (χ1) is 8.33. The highest BCUT2D eigenvalue weighted by Gasteiger charge is 2.03. The maximum absolute atomic E-state index is 9.55. The van der Waals surface area contributed by atoms with Crippen LogP contribution in [0, 0.1) is 0 Å². The van der Waals surface area contributed by atoms with Gasteiger partial charge in [0, 0.05) is 26.6 Å². The van der Waals surface area contributed by atoms with Gasteiger partial charge in [0.05, 0.1) is 32.2 Å². The summed E-state index contributed by atoms with van der Waals surface area (Å²) in [4.78, 5) is 0. The first kappa shape index (κ1) is 14.2. The van der Waals surface area contributed by atoms with E-state index >= 15 is 0 Å². The summed E-state index contributed by atoms with van der Waals surface area (Å²) >= 11 is 0. The molecule has 0 saturated heterocycles. The molecule has 5 heteroatoms. The van der Waals surface area contributed by atoms with E-state index in [9.17, 15) is 5.11 Å². The fourth-order valence-electron chi connectivity index (χ4n) is 1.36. The van der Waals surface area contributed by atoms with Crippen molar-refractivity contribution in [1.82, 2.24) is 5.32 Å². The molecule has 0 fully saturated rings. The quantitative estimate of drug-likeness (QED) is 0.584. The highest BCUT2D eigenvalue weighted by Crippen LogP contribution is 1.99. The summed E-state index contributed by atoms with van der Waals surface area (Å²) in [6, 6.07) is 3.81. The average Bonchev–Trinajstić information content (AvgIpc) is 2.83. The molecule has 0 aliphatic rings. The van der Waals surface area contributed by atoms with Gasteiger partial charge in [0.25, 0.3) is 0 Å². The summed E-state index contributed by atoms with van der Waals surface area (Å²) in [5.74, 6) is 0.948. The lowest BCUT2D eigenvalue weighted by Gasteiger charge is -2.11. The lowest BCUT2D eigenvalue weighted by atomic mass is 10.3. The largest absolute Gasteiger partial charge is 0.469 e. The molecule has 98 valence electrons. The van der Waals surface area contributed by atoms with Crippen LogP contribution < -0.4 is 5.32 Å². The Labute approximate surface area is 102 Å². The molecule has 1 aromatic heterocycles. The Morgan fingerprint density at radius 3 is 3.06 bits per heavy atom. The van der Waals surface area contributed by atoms with Crippen LogP contribution in [0.25, 0.3) is 0 Å². The zero-order chi connectivity index (χ0) is 12.3. The number of ether oxygens (including phenoxy) is 2. The molecule has 17 heavy (non-hydrogen) atoms. The van der Waals surface area contributed by atoms with E-state index < -0.39 is 6.10 Å². The van der Waals surface area contributed by atoms with Gasteiger partial charge in [-0.1, -0.05) is 0 Å². The Morgan fingerprint density at radius 2 is 2.35 bits per heavy atom. The molecule has 0 radical (unpaired) electrons. The Kier molecular flexibility index (Phi) is 7.66. The number of aliphatic hydroxyl groups excluding tert-OH is 1. The zero-order valence-corrected chi connectivity index (χ0v) is 10.2. The molecule has 5 nitrogen and oxygen atoms in total. The Hall–Kier alpha value is -0.880. The summed E-state index contributed by atoms with van der Waals surface area (Å²) in [6.45, 7) is 2.70. The minimum Gasteiger partial charge on any atom is -0.469 e. The van der Waals surface area contributed by atoms with Crippen LogP contribution in [0.4, 0.5) is 0 Å². The highest BCUT2D eigenvalue weighted by molar-refractivity contribution is 4.98.